The van der Waals surface area contributed by atoms with E-state index in [0.29, 0.717) is 17.3 Å². The van der Waals surface area contributed by atoms with Crippen molar-refractivity contribution < 1.29 is 13.2 Å². The maximum atomic E-state index is 12.4. The topological polar surface area (TPSA) is 104 Å². The van der Waals surface area contributed by atoms with Crippen LogP contribution in [0.15, 0.2) is 35.2 Å². The van der Waals surface area contributed by atoms with Gasteiger partial charge in [0.15, 0.2) is 0 Å². The lowest BCUT2D eigenvalue weighted by Gasteiger charge is -2.13. The predicted molar refractivity (Wildman–Crippen MR) is 95.9 cm³/mol. The highest BCUT2D eigenvalue weighted by molar-refractivity contribution is 7.89. The molecule has 0 radical (unpaired) electrons. The van der Waals surface area contributed by atoms with Gasteiger partial charge < -0.3 is 10.2 Å². The van der Waals surface area contributed by atoms with E-state index in [1.807, 2.05) is 32.0 Å². The minimum Gasteiger partial charge on any atom is -0.363 e. The summed E-state index contributed by atoms with van der Waals surface area (Å²) in [6, 6.07) is 7.73. The first-order valence-electron chi connectivity index (χ1n) is 7.56. The molecule has 0 aliphatic carbocycles. The number of rotatable bonds is 6. The van der Waals surface area contributed by atoms with Gasteiger partial charge in [0.05, 0.1) is 11.4 Å². The van der Waals surface area contributed by atoms with Crippen LogP contribution < -0.4 is 14.9 Å². The van der Waals surface area contributed by atoms with Crippen molar-refractivity contribution in [2.75, 3.05) is 24.3 Å². The van der Waals surface area contributed by atoms with Crippen LogP contribution in [-0.4, -0.2) is 38.4 Å². The molecule has 2 rings (SSSR count). The van der Waals surface area contributed by atoms with E-state index in [4.69, 9.17) is 0 Å². The number of carbonyl (C=O) groups excluding carboxylic acids is 1. The van der Waals surface area contributed by atoms with Gasteiger partial charge in [-0.25, -0.2) is 23.1 Å². The summed E-state index contributed by atoms with van der Waals surface area (Å²) in [4.78, 5) is 21.5. The van der Waals surface area contributed by atoms with E-state index in [2.05, 4.69) is 20.0 Å². The van der Waals surface area contributed by atoms with Gasteiger partial charge in [-0.15, -0.1) is 0 Å². The standard InChI is InChI=1S/C16H21N5O3S/c1-11-9-16(21(3)4)20-15(18-11)10-17-25(23,24)14-7-5-13(6-8-14)19-12(2)22/h5-9,17H,10H2,1-4H3,(H,19,22). The Kier molecular flexibility index (Phi) is 5.70. The molecular weight excluding hydrogens is 342 g/mol. The zero-order chi connectivity index (χ0) is 18.6. The van der Waals surface area contributed by atoms with Crippen molar-refractivity contribution in [1.29, 1.82) is 0 Å². The predicted octanol–water partition coefficient (Wildman–Crippen LogP) is 1.29. The fourth-order valence-electron chi connectivity index (χ4n) is 2.08. The Hall–Kier alpha value is -2.52. The number of nitrogens with one attached hydrogen (secondary N) is 2. The number of amides is 1. The molecule has 25 heavy (non-hydrogen) atoms. The molecule has 0 atom stereocenters. The molecule has 134 valence electrons. The van der Waals surface area contributed by atoms with Gasteiger partial charge in [0.2, 0.25) is 15.9 Å². The first-order valence-corrected chi connectivity index (χ1v) is 9.05. The van der Waals surface area contributed by atoms with Crippen LogP contribution in [0.25, 0.3) is 0 Å². The Labute approximate surface area is 147 Å². The lowest BCUT2D eigenvalue weighted by molar-refractivity contribution is -0.114. The summed E-state index contributed by atoms with van der Waals surface area (Å²) >= 11 is 0. The number of sulfonamides is 1. The third-order valence-electron chi connectivity index (χ3n) is 3.25. The number of hydrogen-bond acceptors (Lipinski definition) is 6. The van der Waals surface area contributed by atoms with Crippen LogP contribution >= 0.6 is 0 Å². The summed E-state index contributed by atoms with van der Waals surface area (Å²) < 4.78 is 27.2. The molecule has 8 nitrogen and oxygen atoms in total. The molecule has 9 heteroatoms. The van der Waals surface area contributed by atoms with Crippen molar-refractivity contribution in [2.45, 2.75) is 25.3 Å². The van der Waals surface area contributed by atoms with Gasteiger partial charge in [0.1, 0.15) is 11.6 Å². The maximum Gasteiger partial charge on any atom is 0.240 e. The van der Waals surface area contributed by atoms with Crippen LogP contribution in [0.3, 0.4) is 0 Å². The minimum atomic E-state index is -3.71. The van der Waals surface area contributed by atoms with E-state index >= 15 is 0 Å². The van der Waals surface area contributed by atoms with Crippen LogP contribution in [0, 0.1) is 6.92 Å². The van der Waals surface area contributed by atoms with E-state index in [0.717, 1.165) is 5.69 Å². The van der Waals surface area contributed by atoms with Crippen LogP contribution in [-0.2, 0) is 21.4 Å². The molecule has 0 saturated carbocycles. The lowest BCUT2D eigenvalue weighted by Crippen LogP contribution is -2.25. The fraction of sp³-hybridized carbons (Fsp3) is 0.312. The molecule has 0 spiro atoms. The van der Waals surface area contributed by atoms with Crippen molar-refractivity contribution in [2.24, 2.45) is 0 Å². The smallest absolute Gasteiger partial charge is 0.240 e. The summed E-state index contributed by atoms with van der Waals surface area (Å²) in [7, 11) is 0.00110. The number of nitrogens with zero attached hydrogens (tertiary/aromatic N) is 3. The van der Waals surface area contributed by atoms with Crippen molar-refractivity contribution in [1.82, 2.24) is 14.7 Å². The average Bonchev–Trinajstić information content (AvgIpc) is 2.52. The van der Waals surface area contributed by atoms with E-state index in [1.165, 1.54) is 31.2 Å². The van der Waals surface area contributed by atoms with Crippen molar-refractivity contribution in [3.8, 4) is 0 Å². The molecule has 2 N–H and O–H groups in total. The Morgan fingerprint density at radius 1 is 1.16 bits per heavy atom. The van der Waals surface area contributed by atoms with Crippen molar-refractivity contribution in [3.63, 3.8) is 0 Å². The van der Waals surface area contributed by atoms with Gasteiger partial charge in [0, 0.05) is 38.5 Å². The molecule has 1 amide bonds. The van der Waals surface area contributed by atoms with E-state index in [-0.39, 0.29) is 17.3 Å². The van der Waals surface area contributed by atoms with Gasteiger partial charge in [-0.1, -0.05) is 0 Å². The monoisotopic (exact) mass is 363 g/mol. The van der Waals surface area contributed by atoms with Crippen molar-refractivity contribution in [3.05, 3.63) is 41.9 Å². The number of aromatic nitrogens is 2. The van der Waals surface area contributed by atoms with Crippen LogP contribution in [0.5, 0.6) is 0 Å². The molecule has 0 unspecified atom stereocenters. The van der Waals surface area contributed by atoms with Crippen LogP contribution in [0.2, 0.25) is 0 Å². The number of aryl methyl sites for hydroxylation is 1. The number of carbonyl (C=O) groups is 1. The largest absolute Gasteiger partial charge is 0.363 e. The highest BCUT2D eigenvalue weighted by atomic mass is 32.2. The average molecular weight is 363 g/mol. The molecule has 0 bridgehead atoms. The second-order valence-corrected chi connectivity index (χ2v) is 7.48. The molecule has 1 aromatic heterocycles. The maximum absolute atomic E-state index is 12.4. The summed E-state index contributed by atoms with van der Waals surface area (Å²) in [6.07, 6.45) is 0. The fourth-order valence-corrected chi connectivity index (χ4v) is 3.06. The minimum absolute atomic E-state index is 0.0156. The van der Waals surface area contributed by atoms with Gasteiger partial charge >= 0.3 is 0 Å². The third kappa shape index (κ3) is 5.23. The molecule has 0 fully saturated rings. The SMILES string of the molecule is CC(=O)Nc1ccc(S(=O)(=O)NCc2nc(C)cc(N(C)C)n2)cc1. The van der Waals surface area contributed by atoms with E-state index < -0.39 is 10.0 Å². The molecule has 0 aliphatic heterocycles. The molecule has 1 aromatic carbocycles. The first kappa shape index (κ1) is 18.8. The normalized spacial score (nSPS) is 11.2. The number of hydrogen-bond donors (Lipinski definition) is 2. The van der Waals surface area contributed by atoms with Gasteiger partial charge in [0.25, 0.3) is 0 Å². The highest BCUT2D eigenvalue weighted by Gasteiger charge is 2.15. The Morgan fingerprint density at radius 2 is 1.80 bits per heavy atom. The summed E-state index contributed by atoms with van der Waals surface area (Å²) in [5, 5.41) is 2.59. The second kappa shape index (κ2) is 7.58. The zero-order valence-electron chi connectivity index (χ0n) is 14.6. The Balaban J connectivity index is 2.12. The quantitative estimate of drug-likeness (QED) is 0.801. The lowest BCUT2D eigenvalue weighted by atomic mass is 10.3. The van der Waals surface area contributed by atoms with E-state index in [9.17, 15) is 13.2 Å². The molecule has 2 aromatic rings. The highest BCUT2D eigenvalue weighted by Crippen LogP contribution is 2.15. The van der Waals surface area contributed by atoms with Crippen LogP contribution in [0.4, 0.5) is 11.5 Å². The molecular formula is C16H21N5O3S. The zero-order valence-corrected chi connectivity index (χ0v) is 15.4. The summed E-state index contributed by atoms with van der Waals surface area (Å²) in [5.74, 6) is 0.880. The van der Waals surface area contributed by atoms with Gasteiger partial charge in [-0.2, -0.15) is 0 Å². The van der Waals surface area contributed by atoms with Gasteiger partial charge in [-0.3, -0.25) is 4.79 Å². The first-order chi connectivity index (χ1) is 11.7. The van der Waals surface area contributed by atoms with Gasteiger partial charge in [-0.05, 0) is 31.2 Å². The summed E-state index contributed by atoms with van der Waals surface area (Å²) in [6.45, 7) is 3.20. The Bertz CT molecular complexity index is 864. The number of benzene rings is 1. The molecule has 0 aliphatic rings. The molecule has 0 saturated heterocycles. The van der Waals surface area contributed by atoms with Crippen LogP contribution in [0.1, 0.15) is 18.4 Å². The Morgan fingerprint density at radius 3 is 2.36 bits per heavy atom. The number of anilines is 2. The third-order valence-corrected chi connectivity index (χ3v) is 4.67. The second-order valence-electron chi connectivity index (χ2n) is 5.71. The van der Waals surface area contributed by atoms with Crippen molar-refractivity contribution >= 4 is 27.4 Å². The van der Waals surface area contributed by atoms with E-state index in [1.54, 1.807) is 0 Å². The summed E-state index contributed by atoms with van der Waals surface area (Å²) in [5.41, 5.74) is 1.29. The molecule has 1 heterocycles.